The Morgan fingerprint density at radius 3 is 2.36 bits per heavy atom. The Labute approximate surface area is 163 Å². The van der Waals surface area contributed by atoms with E-state index in [0.717, 1.165) is 5.56 Å². The highest BCUT2D eigenvalue weighted by atomic mass is 19.4. The monoisotopic (exact) mass is 403 g/mol. The molecule has 0 aliphatic carbocycles. The third kappa shape index (κ3) is 11.4. The first-order valence-corrected chi connectivity index (χ1v) is 9.13. The SMILES string of the molecule is CCNC(=NCc1ccc(COCC(F)(F)F)cc1)NCCC(=O)OC(C)C. The molecular formula is C19H28F3N3O3. The van der Waals surface area contributed by atoms with E-state index in [-0.39, 0.29) is 25.1 Å². The third-order valence-corrected chi connectivity index (χ3v) is 3.31. The Balaban J connectivity index is 2.47. The molecule has 0 aliphatic heterocycles. The molecule has 0 heterocycles. The van der Waals surface area contributed by atoms with E-state index in [0.29, 0.717) is 31.2 Å². The van der Waals surface area contributed by atoms with Gasteiger partial charge in [-0.2, -0.15) is 13.2 Å². The van der Waals surface area contributed by atoms with E-state index in [2.05, 4.69) is 20.4 Å². The molecule has 0 bridgehead atoms. The summed E-state index contributed by atoms with van der Waals surface area (Å²) < 4.78 is 45.9. The van der Waals surface area contributed by atoms with Gasteiger partial charge in [0, 0.05) is 13.1 Å². The zero-order chi connectivity index (χ0) is 21.0. The number of nitrogens with one attached hydrogen (secondary N) is 2. The summed E-state index contributed by atoms with van der Waals surface area (Å²) in [7, 11) is 0. The summed E-state index contributed by atoms with van der Waals surface area (Å²) in [6.07, 6.45) is -4.23. The number of carbonyl (C=O) groups is 1. The number of carbonyl (C=O) groups excluding carboxylic acids is 1. The second-order valence-electron chi connectivity index (χ2n) is 6.34. The van der Waals surface area contributed by atoms with E-state index >= 15 is 0 Å². The van der Waals surface area contributed by atoms with E-state index in [1.807, 2.05) is 6.92 Å². The summed E-state index contributed by atoms with van der Waals surface area (Å²) in [5.41, 5.74) is 1.56. The van der Waals surface area contributed by atoms with Gasteiger partial charge < -0.3 is 20.1 Å². The van der Waals surface area contributed by atoms with Crippen LogP contribution >= 0.6 is 0 Å². The molecule has 0 saturated carbocycles. The molecule has 158 valence electrons. The van der Waals surface area contributed by atoms with Crippen molar-refractivity contribution in [1.29, 1.82) is 0 Å². The van der Waals surface area contributed by atoms with Crippen LogP contribution in [0.5, 0.6) is 0 Å². The number of hydrogen-bond donors (Lipinski definition) is 2. The maximum absolute atomic E-state index is 12.1. The number of alkyl halides is 3. The third-order valence-electron chi connectivity index (χ3n) is 3.31. The van der Waals surface area contributed by atoms with E-state index in [1.54, 1.807) is 38.1 Å². The fourth-order valence-electron chi connectivity index (χ4n) is 2.14. The lowest BCUT2D eigenvalue weighted by atomic mass is 10.1. The number of esters is 1. The molecular weight excluding hydrogens is 375 g/mol. The molecule has 0 unspecified atom stereocenters. The lowest BCUT2D eigenvalue weighted by Crippen LogP contribution is -2.38. The van der Waals surface area contributed by atoms with Gasteiger partial charge in [0.15, 0.2) is 5.96 Å². The van der Waals surface area contributed by atoms with Crippen LogP contribution in [-0.4, -0.2) is 43.9 Å². The van der Waals surface area contributed by atoms with Gasteiger partial charge in [-0.25, -0.2) is 4.99 Å². The van der Waals surface area contributed by atoms with Crippen molar-refractivity contribution in [2.24, 2.45) is 4.99 Å². The Morgan fingerprint density at radius 2 is 1.79 bits per heavy atom. The van der Waals surface area contributed by atoms with Gasteiger partial charge in [-0.1, -0.05) is 24.3 Å². The van der Waals surface area contributed by atoms with Crippen molar-refractivity contribution in [2.75, 3.05) is 19.7 Å². The van der Waals surface area contributed by atoms with Crippen LogP contribution in [0.15, 0.2) is 29.3 Å². The number of halogens is 3. The number of rotatable bonds is 10. The summed E-state index contributed by atoms with van der Waals surface area (Å²) in [4.78, 5) is 16.0. The molecule has 0 atom stereocenters. The van der Waals surface area contributed by atoms with Crippen LogP contribution in [0.4, 0.5) is 13.2 Å². The van der Waals surface area contributed by atoms with Crippen molar-refractivity contribution in [3.63, 3.8) is 0 Å². The van der Waals surface area contributed by atoms with Crippen LogP contribution in [0.2, 0.25) is 0 Å². The molecule has 1 rings (SSSR count). The fourth-order valence-corrected chi connectivity index (χ4v) is 2.14. The second kappa shape index (κ2) is 12.2. The molecule has 0 amide bonds. The summed E-state index contributed by atoms with van der Waals surface area (Å²) in [5.74, 6) is 0.291. The van der Waals surface area contributed by atoms with Gasteiger partial charge in [-0.15, -0.1) is 0 Å². The maximum Gasteiger partial charge on any atom is 0.411 e. The van der Waals surface area contributed by atoms with Crippen molar-refractivity contribution in [1.82, 2.24) is 10.6 Å². The van der Waals surface area contributed by atoms with Crippen LogP contribution in [0.3, 0.4) is 0 Å². The Hall–Kier alpha value is -2.29. The van der Waals surface area contributed by atoms with Gasteiger partial charge in [-0.05, 0) is 31.9 Å². The molecule has 0 fully saturated rings. The van der Waals surface area contributed by atoms with Crippen LogP contribution in [0, 0.1) is 0 Å². The summed E-state index contributed by atoms with van der Waals surface area (Å²) in [6.45, 7) is 5.61. The van der Waals surface area contributed by atoms with Crippen molar-refractivity contribution in [3.8, 4) is 0 Å². The van der Waals surface area contributed by atoms with E-state index < -0.39 is 12.8 Å². The smallest absolute Gasteiger partial charge is 0.411 e. The number of benzene rings is 1. The number of nitrogens with zero attached hydrogens (tertiary/aromatic N) is 1. The Morgan fingerprint density at radius 1 is 1.14 bits per heavy atom. The molecule has 6 nitrogen and oxygen atoms in total. The lowest BCUT2D eigenvalue weighted by Gasteiger charge is -2.12. The highest BCUT2D eigenvalue weighted by Crippen LogP contribution is 2.16. The van der Waals surface area contributed by atoms with Gasteiger partial charge in [0.05, 0.1) is 25.7 Å². The summed E-state index contributed by atoms with van der Waals surface area (Å²) >= 11 is 0. The van der Waals surface area contributed by atoms with Crippen molar-refractivity contribution < 1.29 is 27.4 Å². The first kappa shape index (κ1) is 23.7. The molecule has 9 heteroatoms. The fraction of sp³-hybridized carbons (Fsp3) is 0.579. The minimum absolute atomic E-state index is 0.0975. The van der Waals surface area contributed by atoms with Gasteiger partial charge >= 0.3 is 12.1 Å². The maximum atomic E-state index is 12.1. The largest absolute Gasteiger partial charge is 0.463 e. The molecule has 0 spiro atoms. The number of guanidine groups is 1. The predicted octanol–water partition coefficient (Wildman–Crippen LogP) is 3.16. The van der Waals surface area contributed by atoms with Crippen molar-refractivity contribution in [2.45, 2.75) is 52.6 Å². The highest BCUT2D eigenvalue weighted by Gasteiger charge is 2.27. The first-order chi connectivity index (χ1) is 13.2. The van der Waals surface area contributed by atoms with Crippen molar-refractivity contribution >= 4 is 11.9 Å². The summed E-state index contributed by atoms with van der Waals surface area (Å²) in [5, 5.41) is 6.14. The van der Waals surface area contributed by atoms with E-state index in [4.69, 9.17) is 4.74 Å². The normalized spacial score (nSPS) is 12.2. The highest BCUT2D eigenvalue weighted by molar-refractivity contribution is 5.80. The zero-order valence-electron chi connectivity index (χ0n) is 16.4. The molecule has 2 N–H and O–H groups in total. The first-order valence-electron chi connectivity index (χ1n) is 9.13. The molecule has 0 aromatic heterocycles. The molecule has 28 heavy (non-hydrogen) atoms. The van der Waals surface area contributed by atoms with Crippen LogP contribution in [-0.2, 0) is 27.4 Å². The van der Waals surface area contributed by atoms with Crippen LogP contribution < -0.4 is 10.6 Å². The number of aliphatic imine (C=N–C) groups is 1. The van der Waals surface area contributed by atoms with Gasteiger partial charge in [0.2, 0.25) is 0 Å². The van der Waals surface area contributed by atoms with Crippen LogP contribution in [0.1, 0.15) is 38.3 Å². The quantitative estimate of drug-likeness (QED) is 0.357. The van der Waals surface area contributed by atoms with Crippen molar-refractivity contribution in [3.05, 3.63) is 35.4 Å². The molecule has 0 aliphatic rings. The zero-order valence-corrected chi connectivity index (χ0v) is 16.4. The minimum atomic E-state index is -4.32. The van der Waals surface area contributed by atoms with E-state index in [1.165, 1.54) is 0 Å². The Kier molecular flexibility index (Phi) is 10.4. The lowest BCUT2D eigenvalue weighted by molar-refractivity contribution is -0.176. The topological polar surface area (TPSA) is 72.0 Å². The summed E-state index contributed by atoms with van der Waals surface area (Å²) in [6, 6.07) is 7.01. The molecule has 0 saturated heterocycles. The van der Waals surface area contributed by atoms with Gasteiger partial charge in [0.25, 0.3) is 0 Å². The average Bonchev–Trinajstić information content (AvgIpc) is 2.59. The van der Waals surface area contributed by atoms with Gasteiger partial charge in [0.1, 0.15) is 6.61 Å². The average molecular weight is 403 g/mol. The molecule has 1 aromatic rings. The van der Waals surface area contributed by atoms with Gasteiger partial charge in [-0.3, -0.25) is 4.79 Å². The minimum Gasteiger partial charge on any atom is -0.463 e. The molecule has 0 radical (unpaired) electrons. The Bertz CT molecular complexity index is 617. The standard InChI is InChI=1S/C19H28F3N3O3/c1-4-23-18(24-10-9-17(26)28-14(2)3)25-11-15-5-7-16(8-6-15)12-27-13-19(20,21)22/h5-8,14H,4,9-13H2,1-3H3,(H2,23,24,25). The van der Waals surface area contributed by atoms with Crippen LogP contribution in [0.25, 0.3) is 0 Å². The predicted molar refractivity (Wildman–Crippen MR) is 101 cm³/mol. The molecule has 1 aromatic carbocycles. The second-order valence-corrected chi connectivity index (χ2v) is 6.34. The number of hydrogen-bond acceptors (Lipinski definition) is 4. The number of ether oxygens (including phenoxy) is 2. The van der Waals surface area contributed by atoms with E-state index in [9.17, 15) is 18.0 Å².